The largest absolute Gasteiger partial charge is 0.473 e. The first-order valence-electron chi connectivity index (χ1n) is 14.6. The number of carbonyl (C=O) groups is 2. The summed E-state index contributed by atoms with van der Waals surface area (Å²) in [6, 6.07) is 0. The first kappa shape index (κ1) is 45.1. The number of rotatable bonds is 20. The molecular weight excluding hydrogens is 782 g/mol. The van der Waals surface area contributed by atoms with E-state index in [9.17, 15) is 82.3 Å². The summed E-state index contributed by atoms with van der Waals surface area (Å²) in [5, 5.41) is 9.17. The minimum atomic E-state index is -7.64. The summed E-state index contributed by atoms with van der Waals surface area (Å²) in [4.78, 5) is 100. The zero-order valence-electron chi connectivity index (χ0n) is 27.4. The second kappa shape index (κ2) is 17.0. The number of nitrogens with zero attached hydrogens (tertiary/aromatic N) is 5. The smallest absolute Gasteiger partial charge is 0.464 e. The van der Waals surface area contributed by atoms with Crippen LogP contribution in [-0.2, 0) is 61.3 Å². The van der Waals surface area contributed by atoms with Crippen molar-refractivity contribution in [1.29, 1.82) is 0 Å². The van der Waals surface area contributed by atoms with E-state index in [1.54, 1.807) is 0 Å². The van der Waals surface area contributed by atoms with Crippen LogP contribution in [0.3, 0.4) is 0 Å². The number of carbonyl (C=O) groups excluding carboxylic acids is 2. The van der Waals surface area contributed by atoms with Gasteiger partial charge in [-0.15, -0.1) is 0 Å². The molecule has 29 heteroatoms. The Balaban J connectivity index is 2.17. The highest BCUT2D eigenvalue weighted by Crippen LogP contribution is 2.57. The lowest BCUT2D eigenvalue weighted by Crippen LogP contribution is -2.68. The molecule has 0 radical (unpaired) electrons. The second-order valence-corrected chi connectivity index (χ2v) is 10.5. The van der Waals surface area contributed by atoms with E-state index in [0.29, 0.717) is 13.7 Å². The van der Waals surface area contributed by atoms with Crippen LogP contribution in [0.1, 0.15) is 12.8 Å². The van der Waals surface area contributed by atoms with Gasteiger partial charge in [0.2, 0.25) is 0 Å². The fourth-order valence-electron chi connectivity index (χ4n) is 4.16. The first-order chi connectivity index (χ1) is 24.8. The molecule has 0 unspecified atom stereocenters. The van der Waals surface area contributed by atoms with Crippen LogP contribution < -0.4 is 34.1 Å². The number of ether oxygens (including phenoxy) is 4. The highest BCUT2D eigenvalue weighted by Gasteiger charge is 2.88. The molecule has 306 valence electrons. The SMILES string of the molecule is COCCn1c(=O)n(CCO)c(=O)n(CCOC(=O)CCn2c(=O)[nH]c(=O)n(CCC(=O)OC(F)(F)C(F)(F)C(F)(F)C(F)(F)C(F)(F)OC)c2=O)c1=O. The van der Waals surface area contributed by atoms with Gasteiger partial charge in [-0.25, -0.2) is 51.6 Å². The van der Waals surface area contributed by atoms with E-state index >= 15 is 0 Å². The lowest BCUT2D eigenvalue weighted by molar-refractivity contribution is -0.462. The van der Waals surface area contributed by atoms with Gasteiger partial charge in [0.15, 0.2) is 0 Å². The maximum atomic E-state index is 13.9. The van der Waals surface area contributed by atoms with Gasteiger partial charge in [-0.2, -0.15) is 43.9 Å². The number of halogens is 10. The van der Waals surface area contributed by atoms with Crippen LogP contribution in [0, 0.1) is 0 Å². The normalized spacial score (nSPS) is 12.9. The summed E-state index contributed by atoms with van der Waals surface area (Å²) in [5.41, 5.74) is -8.31. The summed E-state index contributed by atoms with van der Waals surface area (Å²) >= 11 is 0. The molecule has 2 aromatic heterocycles. The third-order valence-corrected chi connectivity index (χ3v) is 7.07. The van der Waals surface area contributed by atoms with Crippen molar-refractivity contribution in [3.8, 4) is 0 Å². The number of esters is 2. The molecule has 2 N–H and O–H groups in total. The average Bonchev–Trinajstić information content (AvgIpc) is 3.07. The van der Waals surface area contributed by atoms with E-state index in [1.165, 1.54) is 12.1 Å². The number of hydrogen-bond donors (Lipinski definition) is 2. The van der Waals surface area contributed by atoms with Gasteiger partial charge in [-0.05, 0) is 0 Å². The Kier molecular flexibility index (Phi) is 14.2. The van der Waals surface area contributed by atoms with Crippen LogP contribution in [0.5, 0.6) is 0 Å². The molecule has 0 saturated heterocycles. The molecule has 0 aliphatic rings. The Morgan fingerprint density at radius 2 is 0.981 bits per heavy atom. The van der Waals surface area contributed by atoms with Gasteiger partial charge in [0, 0.05) is 27.3 Å². The predicted octanol–water partition coefficient (Wildman–Crippen LogP) is -1.87. The molecule has 0 aliphatic carbocycles. The fraction of sp³-hybridized carbons (Fsp3) is 0.680. The molecule has 0 spiro atoms. The summed E-state index contributed by atoms with van der Waals surface area (Å²) in [6.45, 7) is -5.43. The van der Waals surface area contributed by atoms with E-state index in [4.69, 9.17) is 14.6 Å². The highest BCUT2D eigenvalue weighted by molar-refractivity contribution is 5.70. The van der Waals surface area contributed by atoms with Crippen molar-refractivity contribution in [2.75, 3.05) is 34.0 Å². The van der Waals surface area contributed by atoms with Crippen molar-refractivity contribution in [2.24, 2.45) is 0 Å². The minimum absolute atomic E-state index is 0.0824. The molecule has 2 rings (SSSR count). The topological polar surface area (TPSA) is 234 Å². The maximum Gasteiger partial charge on any atom is 0.473 e. The van der Waals surface area contributed by atoms with Crippen molar-refractivity contribution in [2.45, 2.75) is 75.6 Å². The number of aliphatic hydroxyl groups is 1. The molecule has 2 aromatic rings. The summed E-state index contributed by atoms with van der Waals surface area (Å²) < 4.78 is 153. The molecule has 19 nitrogen and oxygen atoms in total. The Labute approximate surface area is 290 Å². The van der Waals surface area contributed by atoms with Gasteiger partial charge >= 0.3 is 76.1 Å². The zero-order valence-corrected chi connectivity index (χ0v) is 27.4. The number of aromatic nitrogens is 6. The molecular formula is C25H28F10N6O13. The van der Waals surface area contributed by atoms with Gasteiger partial charge in [0.25, 0.3) is 0 Å². The number of nitrogens with one attached hydrogen (secondary N) is 1. The van der Waals surface area contributed by atoms with Crippen LogP contribution in [0.4, 0.5) is 43.9 Å². The predicted molar refractivity (Wildman–Crippen MR) is 152 cm³/mol. The van der Waals surface area contributed by atoms with Gasteiger partial charge in [0.05, 0.1) is 45.7 Å². The number of alkyl halides is 10. The Hall–Kier alpha value is -5.06. The van der Waals surface area contributed by atoms with E-state index in [0.717, 1.165) is 0 Å². The maximum absolute atomic E-state index is 13.9. The van der Waals surface area contributed by atoms with Crippen molar-refractivity contribution in [1.82, 2.24) is 27.8 Å². The van der Waals surface area contributed by atoms with Crippen molar-refractivity contribution in [3.63, 3.8) is 0 Å². The number of H-pyrrole nitrogens is 1. The molecule has 0 fully saturated rings. The van der Waals surface area contributed by atoms with Gasteiger partial charge in [-0.3, -0.25) is 14.6 Å². The molecule has 0 bridgehead atoms. The van der Waals surface area contributed by atoms with Crippen molar-refractivity contribution >= 4 is 11.9 Å². The lowest BCUT2D eigenvalue weighted by atomic mass is 10.0. The van der Waals surface area contributed by atoms with E-state index < -0.39 is 128 Å². The molecule has 0 aliphatic heterocycles. The Morgan fingerprint density at radius 3 is 1.43 bits per heavy atom. The minimum Gasteiger partial charge on any atom is -0.464 e. The first-order valence-corrected chi connectivity index (χ1v) is 14.6. The number of aromatic amines is 1. The number of hydrogen-bond acceptors (Lipinski definition) is 13. The molecule has 0 atom stereocenters. The quantitative estimate of drug-likeness (QED) is 0.110. The Morgan fingerprint density at radius 1 is 0.574 bits per heavy atom. The molecule has 0 amide bonds. The van der Waals surface area contributed by atoms with Gasteiger partial charge < -0.3 is 24.1 Å². The van der Waals surface area contributed by atoms with Gasteiger partial charge in [-0.1, -0.05) is 0 Å². The molecule has 54 heavy (non-hydrogen) atoms. The molecule has 0 saturated carbocycles. The van der Waals surface area contributed by atoms with Crippen molar-refractivity contribution < 1.29 is 77.5 Å². The van der Waals surface area contributed by atoms with Crippen LogP contribution in [0.25, 0.3) is 0 Å². The molecule has 2 heterocycles. The fourth-order valence-corrected chi connectivity index (χ4v) is 4.16. The van der Waals surface area contributed by atoms with Crippen LogP contribution in [-0.4, -0.2) is 109 Å². The van der Waals surface area contributed by atoms with E-state index in [2.05, 4.69) is 9.47 Å². The van der Waals surface area contributed by atoms with Crippen LogP contribution in [0.2, 0.25) is 0 Å². The standard InChI is InChI=1S/C25H28F10N6O13/c1-51-11-8-40-18(48)39(7-10-42)19(49)41(20(40)50)9-12-53-13(43)3-5-37-15(45)36-16(46)38(17(37)47)6-4-14(44)54-25(34,35)23(30,31)21(26,27)22(28,29)24(32,33)52-2/h42H,3-12H2,1-2H3,(H,36,45,46). The molecule has 0 aromatic carbocycles. The number of methoxy groups -OCH3 is 2. The highest BCUT2D eigenvalue weighted by atomic mass is 19.4. The third kappa shape index (κ3) is 8.83. The lowest BCUT2D eigenvalue weighted by Gasteiger charge is -2.37. The summed E-state index contributed by atoms with van der Waals surface area (Å²) in [7, 11) is 0.908. The van der Waals surface area contributed by atoms with Crippen LogP contribution in [0.15, 0.2) is 28.8 Å². The zero-order chi connectivity index (χ0) is 41.6. The monoisotopic (exact) mass is 810 g/mol. The number of aliphatic hydroxyl groups excluding tert-OH is 1. The van der Waals surface area contributed by atoms with Crippen LogP contribution >= 0.6 is 0 Å². The van der Waals surface area contributed by atoms with E-state index in [1.807, 2.05) is 0 Å². The second-order valence-electron chi connectivity index (χ2n) is 10.5. The average molecular weight is 811 g/mol. The van der Waals surface area contributed by atoms with E-state index in [-0.39, 0.29) is 29.4 Å². The van der Waals surface area contributed by atoms with Gasteiger partial charge in [0.1, 0.15) is 6.61 Å². The summed E-state index contributed by atoms with van der Waals surface area (Å²) in [5.74, 6) is -26.4. The van der Waals surface area contributed by atoms with Crippen molar-refractivity contribution in [3.05, 3.63) is 62.9 Å². The third-order valence-electron chi connectivity index (χ3n) is 7.07. The Bertz CT molecular complexity index is 2050. The summed E-state index contributed by atoms with van der Waals surface area (Å²) in [6.07, 6.45) is -16.0.